The Balaban J connectivity index is 1.62. The number of nitrogens with one attached hydrogen (secondary N) is 3. The van der Waals surface area contributed by atoms with E-state index >= 15 is 0 Å². The number of halogens is 2. The highest BCUT2D eigenvalue weighted by Gasteiger charge is 2.21. The van der Waals surface area contributed by atoms with Crippen molar-refractivity contribution in [2.45, 2.75) is 32.1 Å². The summed E-state index contributed by atoms with van der Waals surface area (Å²) in [6, 6.07) is 8.15. The van der Waals surface area contributed by atoms with Gasteiger partial charge in [0.2, 0.25) is 0 Å². The lowest BCUT2D eigenvalue weighted by molar-refractivity contribution is 0.142. The van der Waals surface area contributed by atoms with Gasteiger partial charge in [0.15, 0.2) is 21.3 Å². The molecule has 0 spiro atoms. The monoisotopic (exact) mass is 553 g/mol. The fraction of sp³-hybridized carbons (Fsp3) is 0.240. The molecule has 14 heteroatoms. The number of nitrogens with zero attached hydrogens (tertiary/aromatic N) is 6. The van der Waals surface area contributed by atoms with Gasteiger partial charge in [-0.25, -0.2) is 37.1 Å². The number of imidazole rings is 1. The maximum atomic E-state index is 13.5. The predicted molar refractivity (Wildman–Crippen MR) is 143 cm³/mol. The largest absolute Gasteiger partial charge is 0.352 e. The summed E-state index contributed by atoms with van der Waals surface area (Å²) < 4.78 is 54.3. The lowest BCUT2D eigenvalue weighted by Crippen LogP contribution is -2.05. The Hall–Kier alpha value is -4.46. The van der Waals surface area contributed by atoms with Crippen LogP contribution >= 0.6 is 0 Å². The Morgan fingerprint density at radius 2 is 1.69 bits per heavy atom. The molecule has 202 valence electrons. The minimum absolute atomic E-state index is 0.0104. The molecule has 1 aromatic carbocycles. The zero-order valence-electron chi connectivity index (χ0n) is 21.7. The van der Waals surface area contributed by atoms with Crippen molar-refractivity contribution < 1.29 is 17.2 Å². The van der Waals surface area contributed by atoms with Gasteiger partial charge in [-0.1, -0.05) is 6.07 Å². The quantitative estimate of drug-likeness (QED) is 0.256. The van der Waals surface area contributed by atoms with Crippen LogP contribution in [-0.2, 0) is 16.9 Å². The number of aryl methyl sites for hydroxylation is 4. The molecule has 0 atom stereocenters. The second kappa shape index (κ2) is 9.69. The SMILES string of the molecule is Cc1cc(Nc2cc(Nc3ccc(-c4nn(C)cc4C)cc3S(C)(=O)=O)c3nc(C(F)F)[nH]c3n2)nc(C)n1. The van der Waals surface area contributed by atoms with E-state index in [1.807, 2.05) is 20.0 Å². The molecule has 5 rings (SSSR count). The van der Waals surface area contributed by atoms with E-state index in [0.29, 0.717) is 22.9 Å². The number of aromatic nitrogens is 7. The first-order chi connectivity index (χ1) is 18.4. The number of benzene rings is 1. The molecule has 3 N–H and O–H groups in total. The molecule has 5 aromatic rings. The van der Waals surface area contributed by atoms with Gasteiger partial charge in [0.1, 0.15) is 23.0 Å². The van der Waals surface area contributed by atoms with E-state index < -0.39 is 22.1 Å². The second-order valence-corrected chi connectivity index (χ2v) is 11.2. The number of pyridine rings is 1. The van der Waals surface area contributed by atoms with Crippen LogP contribution in [-0.4, -0.2) is 49.4 Å². The van der Waals surface area contributed by atoms with Crippen molar-refractivity contribution in [3.8, 4) is 11.3 Å². The van der Waals surface area contributed by atoms with Gasteiger partial charge in [-0.05, 0) is 38.5 Å². The molecule has 11 nitrogen and oxygen atoms in total. The highest BCUT2D eigenvalue weighted by atomic mass is 32.2. The van der Waals surface area contributed by atoms with E-state index in [0.717, 1.165) is 17.5 Å². The molecule has 0 aliphatic rings. The summed E-state index contributed by atoms with van der Waals surface area (Å²) in [4.78, 5) is 19.5. The number of alkyl halides is 2. The first kappa shape index (κ1) is 26.2. The van der Waals surface area contributed by atoms with Crippen LogP contribution in [0.2, 0.25) is 0 Å². The van der Waals surface area contributed by atoms with Gasteiger partial charge in [-0.3, -0.25) is 4.68 Å². The molecule has 4 aromatic heterocycles. The van der Waals surface area contributed by atoms with Crippen LogP contribution in [0.25, 0.3) is 22.4 Å². The average Bonchev–Trinajstić information content (AvgIpc) is 3.41. The van der Waals surface area contributed by atoms with Crippen molar-refractivity contribution in [2.24, 2.45) is 7.05 Å². The maximum Gasteiger partial charge on any atom is 0.295 e. The Kier molecular flexibility index (Phi) is 6.50. The minimum Gasteiger partial charge on any atom is -0.352 e. The number of hydrogen-bond acceptors (Lipinski definition) is 9. The molecule has 0 radical (unpaired) electrons. The summed E-state index contributed by atoms with van der Waals surface area (Å²) in [5.74, 6) is 0.710. The third kappa shape index (κ3) is 5.41. The summed E-state index contributed by atoms with van der Waals surface area (Å²) in [7, 11) is -1.93. The number of sulfone groups is 1. The van der Waals surface area contributed by atoms with E-state index in [4.69, 9.17) is 0 Å². The standard InChI is InChI=1S/C25H25F2N9O2S/c1-12-11-36(4)35-21(12)15-6-7-16(18(9-15)39(5,37)38)30-17-10-20(31-19-8-13(2)28-14(3)29-19)32-24-22(17)33-25(34-24)23(26)27/h6-11,23H,1-5H3,(H3,28,29,30,31,32,33,34). The van der Waals surface area contributed by atoms with Crippen molar-refractivity contribution in [3.05, 3.63) is 59.4 Å². The van der Waals surface area contributed by atoms with Gasteiger partial charge in [-0.15, -0.1) is 0 Å². The van der Waals surface area contributed by atoms with Crippen LogP contribution in [0.1, 0.15) is 29.3 Å². The van der Waals surface area contributed by atoms with E-state index in [-0.39, 0.29) is 33.3 Å². The van der Waals surface area contributed by atoms with Gasteiger partial charge in [0.05, 0.1) is 22.0 Å². The summed E-state index contributed by atoms with van der Waals surface area (Å²) >= 11 is 0. The minimum atomic E-state index is -3.71. The molecule has 4 heterocycles. The van der Waals surface area contributed by atoms with E-state index in [1.165, 1.54) is 6.07 Å². The number of H-pyrrole nitrogens is 1. The van der Waals surface area contributed by atoms with Gasteiger partial charge in [0.25, 0.3) is 6.43 Å². The number of hydrogen-bond donors (Lipinski definition) is 3. The van der Waals surface area contributed by atoms with Crippen LogP contribution in [0.3, 0.4) is 0 Å². The zero-order chi connectivity index (χ0) is 28.1. The molecule has 0 saturated carbocycles. The molecule has 0 fully saturated rings. The van der Waals surface area contributed by atoms with Gasteiger partial charge in [-0.2, -0.15) is 5.10 Å². The average molecular weight is 554 g/mol. The third-order valence-corrected chi connectivity index (χ3v) is 6.97. The van der Waals surface area contributed by atoms with Crippen molar-refractivity contribution in [2.75, 3.05) is 16.9 Å². The van der Waals surface area contributed by atoms with Crippen molar-refractivity contribution in [1.82, 2.24) is 34.7 Å². The topological polar surface area (TPSA) is 143 Å². The molecule has 0 bridgehead atoms. The van der Waals surface area contributed by atoms with Gasteiger partial charge in [0, 0.05) is 42.9 Å². The molecule has 0 amide bonds. The fourth-order valence-corrected chi connectivity index (χ4v) is 5.16. The molecular formula is C25H25F2N9O2S. The highest BCUT2D eigenvalue weighted by molar-refractivity contribution is 7.90. The maximum absolute atomic E-state index is 13.5. The number of aromatic amines is 1. The fourth-order valence-electron chi connectivity index (χ4n) is 4.30. The Labute approximate surface area is 222 Å². The first-order valence-electron chi connectivity index (χ1n) is 11.8. The lowest BCUT2D eigenvalue weighted by Gasteiger charge is -2.14. The van der Waals surface area contributed by atoms with Crippen molar-refractivity contribution in [3.63, 3.8) is 0 Å². The third-order valence-electron chi connectivity index (χ3n) is 5.84. The molecule has 0 unspecified atom stereocenters. The van der Waals surface area contributed by atoms with Gasteiger partial charge < -0.3 is 15.6 Å². The van der Waals surface area contributed by atoms with Crippen LogP contribution in [0, 0.1) is 20.8 Å². The van der Waals surface area contributed by atoms with E-state index in [2.05, 4.69) is 40.7 Å². The van der Waals surface area contributed by atoms with Crippen molar-refractivity contribution in [1.29, 1.82) is 0 Å². The number of anilines is 4. The zero-order valence-corrected chi connectivity index (χ0v) is 22.5. The summed E-state index contributed by atoms with van der Waals surface area (Å²) in [6.07, 6.45) is 0.0759. The first-order valence-corrected chi connectivity index (χ1v) is 13.7. The number of rotatable bonds is 7. The molecule has 0 saturated heterocycles. The van der Waals surface area contributed by atoms with Crippen LogP contribution in [0.4, 0.5) is 31.8 Å². The van der Waals surface area contributed by atoms with Crippen LogP contribution < -0.4 is 10.6 Å². The Bertz CT molecular complexity index is 1810. The Morgan fingerprint density at radius 1 is 0.949 bits per heavy atom. The molecule has 39 heavy (non-hydrogen) atoms. The summed E-state index contributed by atoms with van der Waals surface area (Å²) in [6.45, 7) is 5.44. The van der Waals surface area contributed by atoms with Crippen LogP contribution in [0.5, 0.6) is 0 Å². The Morgan fingerprint density at radius 3 is 2.33 bits per heavy atom. The van der Waals surface area contributed by atoms with E-state index in [1.54, 1.807) is 42.9 Å². The second-order valence-electron chi connectivity index (χ2n) is 9.18. The lowest BCUT2D eigenvalue weighted by atomic mass is 10.1. The highest BCUT2D eigenvalue weighted by Crippen LogP contribution is 2.34. The number of fused-ring (bicyclic) bond motifs is 1. The van der Waals surface area contributed by atoms with E-state index in [9.17, 15) is 17.2 Å². The van der Waals surface area contributed by atoms with Crippen molar-refractivity contribution >= 4 is 44.0 Å². The van der Waals surface area contributed by atoms with Crippen LogP contribution in [0.15, 0.2) is 41.4 Å². The smallest absolute Gasteiger partial charge is 0.295 e. The molecule has 0 aliphatic heterocycles. The summed E-state index contributed by atoms with van der Waals surface area (Å²) in [5, 5.41) is 10.6. The predicted octanol–water partition coefficient (Wildman–Crippen LogP) is 4.90. The molecule has 0 aliphatic carbocycles. The summed E-state index contributed by atoms with van der Waals surface area (Å²) in [5.41, 5.74) is 3.59. The van der Waals surface area contributed by atoms with Gasteiger partial charge >= 0.3 is 0 Å². The molecular weight excluding hydrogens is 528 g/mol. The normalized spacial score (nSPS) is 11.9.